The number of benzene rings is 2. The highest BCUT2D eigenvalue weighted by Gasteiger charge is 2.15. The lowest BCUT2D eigenvalue weighted by molar-refractivity contribution is 0.103. The van der Waals surface area contributed by atoms with Crippen LogP contribution in [0.4, 0.5) is 4.39 Å². The van der Waals surface area contributed by atoms with Gasteiger partial charge in [0.1, 0.15) is 5.82 Å². The summed E-state index contributed by atoms with van der Waals surface area (Å²) in [5.41, 5.74) is 1.29. The number of aryl methyl sites for hydroxylation is 1. The number of rotatable bonds is 2. The predicted octanol–water partition coefficient (Wildman–Crippen LogP) is 4.62. The van der Waals surface area contributed by atoms with E-state index in [4.69, 9.17) is 11.6 Å². The van der Waals surface area contributed by atoms with Crippen LogP contribution in [-0.2, 0) is 0 Å². The molecule has 0 spiro atoms. The molecule has 0 fully saturated rings. The topological polar surface area (TPSA) is 17.1 Å². The van der Waals surface area contributed by atoms with E-state index in [1.54, 1.807) is 25.1 Å². The summed E-state index contributed by atoms with van der Waals surface area (Å²) in [5, 5.41) is 0.141. The van der Waals surface area contributed by atoms with Crippen molar-refractivity contribution in [3.8, 4) is 0 Å². The first-order valence-electron chi connectivity index (χ1n) is 5.25. The fourth-order valence-corrected chi connectivity index (χ4v) is 2.40. The molecular weight excluding hydrogens is 366 g/mol. The summed E-state index contributed by atoms with van der Waals surface area (Å²) in [5.74, 6) is -0.596. The molecule has 0 saturated heterocycles. The van der Waals surface area contributed by atoms with Crippen molar-refractivity contribution in [1.82, 2.24) is 0 Å². The number of carbonyl (C=O) groups excluding carboxylic acids is 1. The van der Waals surface area contributed by atoms with E-state index in [1.807, 2.05) is 6.07 Å². The molecule has 92 valence electrons. The van der Waals surface area contributed by atoms with Gasteiger partial charge >= 0.3 is 0 Å². The largest absolute Gasteiger partial charge is 0.289 e. The van der Waals surface area contributed by atoms with Gasteiger partial charge in [0.25, 0.3) is 0 Å². The Morgan fingerprint density at radius 2 is 2.00 bits per heavy atom. The van der Waals surface area contributed by atoms with Crippen molar-refractivity contribution in [1.29, 1.82) is 0 Å². The van der Waals surface area contributed by atoms with Gasteiger partial charge < -0.3 is 0 Å². The minimum atomic E-state index is -0.404. The van der Waals surface area contributed by atoms with Gasteiger partial charge in [0.2, 0.25) is 0 Å². The Balaban J connectivity index is 2.49. The Bertz CT molecular complexity index is 625. The van der Waals surface area contributed by atoms with E-state index >= 15 is 0 Å². The Kier molecular flexibility index (Phi) is 4.02. The van der Waals surface area contributed by atoms with E-state index in [2.05, 4.69) is 22.6 Å². The highest BCUT2D eigenvalue weighted by molar-refractivity contribution is 14.1. The normalized spacial score (nSPS) is 10.4. The number of carbonyl (C=O) groups is 1. The van der Waals surface area contributed by atoms with E-state index < -0.39 is 5.82 Å². The van der Waals surface area contributed by atoms with Gasteiger partial charge in [-0.3, -0.25) is 4.79 Å². The molecule has 0 unspecified atom stereocenters. The van der Waals surface area contributed by atoms with Crippen LogP contribution in [0.25, 0.3) is 0 Å². The number of hydrogen-bond acceptors (Lipinski definition) is 1. The Labute approximate surface area is 123 Å². The van der Waals surface area contributed by atoms with Crippen LogP contribution in [0.1, 0.15) is 21.5 Å². The van der Waals surface area contributed by atoms with Crippen LogP contribution in [0, 0.1) is 16.3 Å². The minimum Gasteiger partial charge on any atom is -0.289 e. The molecule has 0 radical (unpaired) electrons. The zero-order valence-electron chi connectivity index (χ0n) is 9.51. The summed E-state index contributed by atoms with van der Waals surface area (Å²) in [7, 11) is 0. The average Bonchev–Trinajstić information content (AvgIpc) is 2.33. The molecule has 0 aliphatic heterocycles. The van der Waals surface area contributed by atoms with E-state index in [0.29, 0.717) is 16.7 Å². The maximum absolute atomic E-state index is 13.3. The zero-order chi connectivity index (χ0) is 13.3. The summed E-state index contributed by atoms with van der Waals surface area (Å²) in [6.45, 7) is 1.61. The molecule has 0 atom stereocenters. The van der Waals surface area contributed by atoms with Crippen molar-refractivity contribution >= 4 is 40.0 Å². The third-order valence-corrected chi connectivity index (χ3v) is 3.56. The summed E-state index contributed by atoms with van der Waals surface area (Å²) < 4.78 is 14.3. The Morgan fingerprint density at radius 3 is 2.67 bits per heavy atom. The van der Waals surface area contributed by atoms with Crippen LogP contribution in [0.2, 0.25) is 5.02 Å². The van der Waals surface area contributed by atoms with Gasteiger partial charge in [-0.2, -0.15) is 0 Å². The maximum Gasteiger partial charge on any atom is 0.194 e. The second-order valence-corrected chi connectivity index (χ2v) is 5.57. The monoisotopic (exact) mass is 374 g/mol. The molecule has 0 saturated carbocycles. The molecule has 2 aromatic carbocycles. The molecule has 0 heterocycles. The second kappa shape index (κ2) is 5.36. The highest BCUT2D eigenvalue weighted by Crippen LogP contribution is 2.23. The van der Waals surface area contributed by atoms with E-state index in [9.17, 15) is 9.18 Å². The molecule has 0 N–H and O–H groups in total. The molecule has 18 heavy (non-hydrogen) atoms. The van der Waals surface area contributed by atoms with E-state index in [1.165, 1.54) is 12.1 Å². The van der Waals surface area contributed by atoms with Crippen molar-refractivity contribution in [2.75, 3.05) is 0 Å². The fraction of sp³-hybridized carbons (Fsp3) is 0.0714. The molecule has 2 rings (SSSR count). The fourth-order valence-electron chi connectivity index (χ4n) is 1.62. The van der Waals surface area contributed by atoms with Gasteiger partial charge in [-0.15, -0.1) is 0 Å². The smallest absolute Gasteiger partial charge is 0.194 e. The molecule has 0 amide bonds. The van der Waals surface area contributed by atoms with Crippen LogP contribution in [-0.4, -0.2) is 5.78 Å². The number of ketones is 1. The van der Waals surface area contributed by atoms with Gasteiger partial charge in [-0.25, -0.2) is 4.39 Å². The van der Waals surface area contributed by atoms with Gasteiger partial charge in [-0.1, -0.05) is 23.7 Å². The molecular formula is C14H9ClFIO. The lowest BCUT2D eigenvalue weighted by Gasteiger charge is -2.06. The van der Waals surface area contributed by atoms with Gasteiger partial charge in [-0.05, 0) is 59.3 Å². The molecule has 1 nitrogen and oxygen atoms in total. The summed E-state index contributed by atoms with van der Waals surface area (Å²) in [6.07, 6.45) is 0. The maximum atomic E-state index is 13.3. The van der Waals surface area contributed by atoms with E-state index in [0.717, 1.165) is 3.57 Å². The quantitative estimate of drug-likeness (QED) is 0.554. The van der Waals surface area contributed by atoms with Crippen LogP contribution in [0.5, 0.6) is 0 Å². The van der Waals surface area contributed by atoms with Crippen molar-refractivity contribution in [2.45, 2.75) is 6.92 Å². The second-order valence-electron chi connectivity index (χ2n) is 3.92. The molecule has 0 aliphatic rings. The van der Waals surface area contributed by atoms with Crippen LogP contribution in [0.3, 0.4) is 0 Å². The molecule has 4 heteroatoms. The van der Waals surface area contributed by atoms with Crippen molar-refractivity contribution in [3.63, 3.8) is 0 Å². The zero-order valence-corrected chi connectivity index (χ0v) is 12.4. The molecule has 0 bridgehead atoms. The predicted molar refractivity (Wildman–Crippen MR) is 78.7 cm³/mol. The van der Waals surface area contributed by atoms with Gasteiger partial charge in [0.05, 0.1) is 5.02 Å². The molecule has 0 aliphatic carbocycles. The Hall–Kier alpha value is -0.940. The van der Waals surface area contributed by atoms with Crippen LogP contribution >= 0.6 is 34.2 Å². The summed E-state index contributed by atoms with van der Waals surface area (Å²) >= 11 is 8.06. The SMILES string of the molecule is Cc1cc(C(=O)c2cccc(I)c2)c(Cl)cc1F. The standard InChI is InChI=1S/C14H9ClFIO/c1-8-5-11(12(15)7-13(8)16)14(18)9-3-2-4-10(17)6-9/h2-7H,1H3. The number of hydrogen-bond donors (Lipinski definition) is 0. The van der Waals surface area contributed by atoms with Crippen LogP contribution in [0.15, 0.2) is 36.4 Å². The highest BCUT2D eigenvalue weighted by atomic mass is 127. The average molecular weight is 375 g/mol. The van der Waals surface area contributed by atoms with Crippen molar-refractivity contribution in [3.05, 3.63) is 67.5 Å². The lowest BCUT2D eigenvalue weighted by Crippen LogP contribution is -2.03. The first-order valence-corrected chi connectivity index (χ1v) is 6.70. The first-order chi connectivity index (χ1) is 8.49. The lowest BCUT2D eigenvalue weighted by atomic mass is 10.0. The minimum absolute atomic E-state index is 0.141. The molecule has 0 aromatic heterocycles. The number of halogens is 3. The first kappa shape index (κ1) is 13.5. The molecule has 2 aromatic rings. The van der Waals surface area contributed by atoms with Crippen LogP contribution < -0.4 is 0 Å². The van der Waals surface area contributed by atoms with Gasteiger partial charge in [0.15, 0.2) is 5.78 Å². The Morgan fingerprint density at radius 1 is 1.28 bits per heavy atom. The third kappa shape index (κ3) is 2.72. The van der Waals surface area contributed by atoms with E-state index in [-0.39, 0.29) is 10.8 Å². The van der Waals surface area contributed by atoms with Crippen molar-refractivity contribution < 1.29 is 9.18 Å². The summed E-state index contributed by atoms with van der Waals surface area (Å²) in [6, 6.07) is 9.86. The summed E-state index contributed by atoms with van der Waals surface area (Å²) in [4.78, 5) is 12.3. The van der Waals surface area contributed by atoms with Gasteiger partial charge in [0, 0.05) is 14.7 Å². The van der Waals surface area contributed by atoms with Crippen molar-refractivity contribution in [2.24, 2.45) is 0 Å². The third-order valence-electron chi connectivity index (χ3n) is 2.58.